The van der Waals surface area contributed by atoms with Crippen molar-refractivity contribution >= 4 is 5.69 Å². The van der Waals surface area contributed by atoms with Gasteiger partial charge in [-0.15, -0.1) is 0 Å². The van der Waals surface area contributed by atoms with Gasteiger partial charge in [0, 0.05) is 6.04 Å². The van der Waals surface area contributed by atoms with Gasteiger partial charge in [-0.25, -0.2) is 4.98 Å². The van der Waals surface area contributed by atoms with Crippen LogP contribution >= 0.6 is 0 Å². The largest absolute Gasteiger partial charge is 0.381 e. The average molecular weight is 230 g/mol. The summed E-state index contributed by atoms with van der Waals surface area (Å²) in [6.07, 6.45) is 6.64. The summed E-state index contributed by atoms with van der Waals surface area (Å²) in [7, 11) is 0. The smallest absolute Gasteiger partial charge is 0.140 e. The van der Waals surface area contributed by atoms with Crippen LogP contribution < -0.4 is 11.1 Å². The molecule has 1 aromatic heterocycles. The Morgan fingerprint density at radius 3 is 2.88 bits per heavy atom. The third kappa shape index (κ3) is 2.95. The van der Waals surface area contributed by atoms with E-state index in [0.717, 1.165) is 12.2 Å². The standard InChI is InChI=1S/C13H18N4/c14-7-10-3-1-2-4-13(10)17-12-6-5-11(8-15)16-9-12/h5-6,9-10,13,17H,1-4,7,14H2. The maximum absolute atomic E-state index is 8.68. The van der Waals surface area contributed by atoms with E-state index in [1.54, 1.807) is 12.3 Å². The summed E-state index contributed by atoms with van der Waals surface area (Å²) in [4.78, 5) is 4.06. The molecule has 0 aromatic carbocycles. The molecule has 1 aliphatic rings. The monoisotopic (exact) mass is 230 g/mol. The molecule has 1 aromatic rings. The number of pyridine rings is 1. The maximum atomic E-state index is 8.68. The van der Waals surface area contributed by atoms with Crippen LogP contribution in [0.4, 0.5) is 5.69 Å². The van der Waals surface area contributed by atoms with Gasteiger partial charge in [0.1, 0.15) is 11.8 Å². The van der Waals surface area contributed by atoms with Crippen LogP contribution in [-0.4, -0.2) is 17.6 Å². The SMILES string of the molecule is N#Cc1ccc(NC2CCCCC2CN)cn1. The number of nitrogens with zero attached hydrogens (tertiary/aromatic N) is 2. The molecule has 2 atom stereocenters. The molecule has 3 N–H and O–H groups in total. The Balaban J connectivity index is 2.01. The molecule has 17 heavy (non-hydrogen) atoms. The van der Waals surface area contributed by atoms with Gasteiger partial charge in [0.25, 0.3) is 0 Å². The number of hydrogen-bond acceptors (Lipinski definition) is 4. The Morgan fingerprint density at radius 2 is 2.24 bits per heavy atom. The van der Waals surface area contributed by atoms with E-state index in [0.29, 0.717) is 17.7 Å². The van der Waals surface area contributed by atoms with Gasteiger partial charge >= 0.3 is 0 Å². The fourth-order valence-corrected chi connectivity index (χ4v) is 2.44. The van der Waals surface area contributed by atoms with Crippen molar-refractivity contribution in [2.75, 3.05) is 11.9 Å². The van der Waals surface area contributed by atoms with E-state index in [1.165, 1.54) is 25.7 Å². The molecule has 1 saturated carbocycles. The van der Waals surface area contributed by atoms with Gasteiger partial charge in [-0.3, -0.25) is 0 Å². The molecule has 0 saturated heterocycles. The summed E-state index contributed by atoms with van der Waals surface area (Å²) in [6, 6.07) is 6.12. The molecule has 1 aliphatic carbocycles. The number of nitrogens with two attached hydrogens (primary N) is 1. The second-order valence-electron chi connectivity index (χ2n) is 4.57. The second kappa shape index (κ2) is 5.65. The van der Waals surface area contributed by atoms with Crippen LogP contribution in [0.2, 0.25) is 0 Å². The van der Waals surface area contributed by atoms with Crippen LogP contribution in [0.5, 0.6) is 0 Å². The summed E-state index contributed by atoms with van der Waals surface area (Å²) in [5.74, 6) is 0.555. The fraction of sp³-hybridized carbons (Fsp3) is 0.538. The van der Waals surface area contributed by atoms with Crippen LogP contribution in [0.1, 0.15) is 31.4 Å². The number of rotatable bonds is 3. The number of nitriles is 1. The lowest BCUT2D eigenvalue weighted by molar-refractivity contribution is 0.332. The highest BCUT2D eigenvalue weighted by molar-refractivity contribution is 5.43. The third-order valence-corrected chi connectivity index (χ3v) is 3.44. The normalized spacial score (nSPS) is 24.0. The van der Waals surface area contributed by atoms with Crippen LogP contribution in [0.15, 0.2) is 18.3 Å². The van der Waals surface area contributed by atoms with Crippen LogP contribution in [0.25, 0.3) is 0 Å². The van der Waals surface area contributed by atoms with E-state index in [4.69, 9.17) is 11.0 Å². The summed E-state index contributed by atoms with van der Waals surface area (Å²) in [6.45, 7) is 0.737. The van der Waals surface area contributed by atoms with Crippen molar-refractivity contribution in [3.05, 3.63) is 24.0 Å². The summed E-state index contributed by atoms with van der Waals surface area (Å²) in [5, 5.41) is 12.2. The van der Waals surface area contributed by atoms with Gasteiger partial charge in [0.05, 0.1) is 11.9 Å². The number of aromatic nitrogens is 1. The Labute approximate surface area is 102 Å². The summed E-state index contributed by atoms with van der Waals surface area (Å²) < 4.78 is 0. The molecule has 2 rings (SSSR count). The lowest BCUT2D eigenvalue weighted by atomic mass is 9.84. The van der Waals surface area contributed by atoms with Gasteiger partial charge < -0.3 is 11.1 Å². The van der Waals surface area contributed by atoms with Crippen molar-refractivity contribution in [2.45, 2.75) is 31.7 Å². The number of anilines is 1. The quantitative estimate of drug-likeness (QED) is 0.831. The van der Waals surface area contributed by atoms with Crippen molar-refractivity contribution in [1.82, 2.24) is 4.98 Å². The summed E-state index contributed by atoms with van der Waals surface area (Å²) in [5.41, 5.74) is 7.23. The van der Waals surface area contributed by atoms with E-state index in [-0.39, 0.29) is 0 Å². The van der Waals surface area contributed by atoms with Gasteiger partial charge in [-0.2, -0.15) is 5.26 Å². The zero-order valence-corrected chi connectivity index (χ0v) is 9.89. The van der Waals surface area contributed by atoms with E-state index in [9.17, 15) is 0 Å². The zero-order valence-electron chi connectivity index (χ0n) is 9.89. The number of nitrogens with one attached hydrogen (secondary N) is 1. The molecular weight excluding hydrogens is 212 g/mol. The minimum absolute atomic E-state index is 0.448. The highest BCUT2D eigenvalue weighted by Crippen LogP contribution is 2.26. The minimum Gasteiger partial charge on any atom is -0.381 e. The average Bonchev–Trinajstić information content (AvgIpc) is 2.40. The van der Waals surface area contributed by atoms with Gasteiger partial charge in [0.15, 0.2) is 0 Å². The van der Waals surface area contributed by atoms with Gasteiger partial charge in [-0.1, -0.05) is 12.8 Å². The van der Waals surface area contributed by atoms with Crippen molar-refractivity contribution in [3.8, 4) is 6.07 Å². The van der Waals surface area contributed by atoms with Crippen LogP contribution in [-0.2, 0) is 0 Å². The maximum Gasteiger partial charge on any atom is 0.140 e. The molecule has 0 aliphatic heterocycles. The Hall–Kier alpha value is -1.60. The predicted molar refractivity (Wildman–Crippen MR) is 67.4 cm³/mol. The molecular formula is C13H18N4. The first-order valence-corrected chi connectivity index (χ1v) is 6.16. The molecule has 4 heteroatoms. The Kier molecular flexibility index (Phi) is 3.94. The van der Waals surface area contributed by atoms with Crippen molar-refractivity contribution in [3.63, 3.8) is 0 Å². The van der Waals surface area contributed by atoms with Crippen LogP contribution in [0.3, 0.4) is 0 Å². The second-order valence-corrected chi connectivity index (χ2v) is 4.57. The van der Waals surface area contributed by atoms with E-state index in [1.807, 2.05) is 12.1 Å². The molecule has 1 heterocycles. The molecule has 0 bridgehead atoms. The molecule has 90 valence electrons. The number of hydrogen-bond donors (Lipinski definition) is 2. The van der Waals surface area contributed by atoms with Crippen molar-refractivity contribution in [2.24, 2.45) is 11.7 Å². The van der Waals surface area contributed by atoms with Crippen molar-refractivity contribution in [1.29, 1.82) is 5.26 Å². The van der Waals surface area contributed by atoms with E-state index in [2.05, 4.69) is 10.3 Å². The third-order valence-electron chi connectivity index (χ3n) is 3.44. The molecule has 1 fully saturated rings. The topological polar surface area (TPSA) is 74.7 Å². The molecule has 0 amide bonds. The molecule has 2 unspecified atom stereocenters. The zero-order chi connectivity index (χ0) is 12.1. The lowest BCUT2D eigenvalue weighted by Gasteiger charge is -2.32. The molecule has 4 nitrogen and oxygen atoms in total. The minimum atomic E-state index is 0.448. The lowest BCUT2D eigenvalue weighted by Crippen LogP contribution is -2.36. The highest BCUT2D eigenvalue weighted by atomic mass is 14.9. The first kappa shape index (κ1) is 11.9. The summed E-state index contributed by atoms with van der Waals surface area (Å²) >= 11 is 0. The van der Waals surface area contributed by atoms with Crippen LogP contribution in [0, 0.1) is 17.2 Å². The van der Waals surface area contributed by atoms with E-state index >= 15 is 0 Å². The molecule has 0 radical (unpaired) electrons. The Morgan fingerprint density at radius 1 is 1.41 bits per heavy atom. The predicted octanol–water partition coefficient (Wildman–Crippen LogP) is 1.88. The first-order valence-electron chi connectivity index (χ1n) is 6.16. The van der Waals surface area contributed by atoms with Crippen molar-refractivity contribution < 1.29 is 0 Å². The highest BCUT2D eigenvalue weighted by Gasteiger charge is 2.23. The van der Waals surface area contributed by atoms with Gasteiger partial charge in [0.2, 0.25) is 0 Å². The van der Waals surface area contributed by atoms with E-state index < -0.39 is 0 Å². The fourth-order valence-electron chi connectivity index (χ4n) is 2.44. The molecule has 0 spiro atoms. The van der Waals surface area contributed by atoms with Gasteiger partial charge in [-0.05, 0) is 37.4 Å². The first-order chi connectivity index (χ1) is 8.33. The Bertz CT molecular complexity index is 393.